The average Bonchev–Trinajstić information content (AvgIpc) is 2.94. The van der Waals surface area contributed by atoms with Gasteiger partial charge in [0, 0.05) is 35.3 Å². The molecule has 0 saturated carbocycles. The van der Waals surface area contributed by atoms with Crippen molar-refractivity contribution in [3.8, 4) is 0 Å². The molecule has 6 heteroatoms. The lowest BCUT2D eigenvalue weighted by atomic mass is 10.2. The van der Waals surface area contributed by atoms with Crippen LogP contribution in [0.1, 0.15) is 31.4 Å². The molecule has 6 nitrogen and oxygen atoms in total. The third kappa shape index (κ3) is 3.64. The van der Waals surface area contributed by atoms with Gasteiger partial charge in [0.2, 0.25) is 0 Å². The first-order chi connectivity index (χ1) is 10.7. The average molecular weight is 304 g/mol. The number of H-pyrrole nitrogens is 1. The van der Waals surface area contributed by atoms with Gasteiger partial charge in [0.05, 0.1) is 11.5 Å². The van der Waals surface area contributed by atoms with Crippen LogP contribution in [0.15, 0.2) is 24.3 Å². The number of hydrogen-bond donors (Lipinski definition) is 1. The molecule has 0 aliphatic carbocycles. The molecule has 22 heavy (non-hydrogen) atoms. The highest BCUT2D eigenvalue weighted by atomic mass is 16.7. The number of ether oxygens (including phenoxy) is 2. The Kier molecular flexibility index (Phi) is 4.70. The van der Waals surface area contributed by atoms with Crippen molar-refractivity contribution in [2.75, 3.05) is 13.2 Å². The molecule has 1 aromatic heterocycles. The molecule has 1 atom stereocenters. The van der Waals surface area contributed by atoms with Crippen LogP contribution in [0, 0.1) is 10.1 Å². The van der Waals surface area contributed by atoms with Crippen molar-refractivity contribution in [2.45, 2.75) is 38.4 Å². The van der Waals surface area contributed by atoms with E-state index in [9.17, 15) is 10.1 Å². The second-order valence-corrected chi connectivity index (χ2v) is 5.59. The zero-order chi connectivity index (χ0) is 15.4. The third-order valence-electron chi connectivity index (χ3n) is 3.90. The molecule has 2 heterocycles. The van der Waals surface area contributed by atoms with E-state index in [2.05, 4.69) is 4.98 Å². The third-order valence-corrected chi connectivity index (χ3v) is 3.90. The summed E-state index contributed by atoms with van der Waals surface area (Å²) in [5.41, 5.74) is 2.12. The standard InChI is InChI=1S/C16H20N2O4/c19-18(20)14-6-7-15-12(11-14)10-13(17-15)4-3-9-22-16-5-1-2-8-21-16/h6-7,10-11,16-17H,1-5,8-9H2. The maximum Gasteiger partial charge on any atom is 0.270 e. The van der Waals surface area contributed by atoms with Crippen molar-refractivity contribution in [1.29, 1.82) is 0 Å². The minimum absolute atomic E-state index is 0.0425. The molecule has 1 aromatic carbocycles. The van der Waals surface area contributed by atoms with Crippen LogP contribution in [0.5, 0.6) is 0 Å². The summed E-state index contributed by atoms with van der Waals surface area (Å²) < 4.78 is 11.2. The topological polar surface area (TPSA) is 77.4 Å². The van der Waals surface area contributed by atoms with E-state index >= 15 is 0 Å². The normalized spacial score (nSPS) is 18.6. The summed E-state index contributed by atoms with van der Waals surface area (Å²) in [6.45, 7) is 1.46. The van der Waals surface area contributed by atoms with Gasteiger partial charge < -0.3 is 14.5 Å². The van der Waals surface area contributed by atoms with Gasteiger partial charge in [-0.2, -0.15) is 0 Å². The van der Waals surface area contributed by atoms with Crippen LogP contribution in [0.3, 0.4) is 0 Å². The number of hydrogen-bond acceptors (Lipinski definition) is 4. The monoisotopic (exact) mass is 304 g/mol. The molecule has 1 aliphatic heterocycles. The molecular weight excluding hydrogens is 284 g/mol. The minimum atomic E-state index is -0.371. The Morgan fingerprint density at radius 3 is 3.05 bits per heavy atom. The Hall–Kier alpha value is -1.92. The minimum Gasteiger partial charge on any atom is -0.358 e. The van der Waals surface area contributed by atoms with E-state index in [1.807, 2.05) is 6.07 Å². The number of aromatic amines is 1. The molecule has 1 N–H and O–H groups in total. The predicted octanol–water partition coefficient (Wildman–Crippen LogP) is 3.55. The van der Waals surface area contributed by atoms with Crippen LogP contribution in [-0.2, 0) is 15.9 Å². The van der Waals surface area contributed by atoms with Crippen LogP contribution in [-0.4, -0.2) is 29.4 Å². The molecule has 1 unspecified atom stereocenters. The molecule has 0 radical (unpaired) electrons. The Morgan fingerprint density at radius 2 is 2.27 bits per heavy atom. The molecule has 3 rings (SSSR count). The molecule has 1 saturated heterocycles. The van der Waals surface area contributed by atoms with Crippen LogP contribution >= 0.6 is 0 Å². The summed E-state index contributed by atoms with van der Waals surface area (Å²) in [6, 6.07) is 6.84. The summed E-state index contributed by atoms with van der Waals surface area (Å²) in [5, 5.41) is 11.7. The zero-order valence-corrected chi connectivity index (χ0v) is 12.4. The van der Waals surface area contributed by atoms with Crippen molar-refractivity contribution in [3.05, 3.63) is 40.1 Å². The Morgan fingerprint density at radius 1 is 1.36 bits per heavy atom. The van der Waals surface area contributed by atoms with Crippen LogP contribution < -0.4 is 0 Å². The molecular formula is C16H20N2O4. The lowest BCUT2D eigenvalue weighted by Gasteiger charge is -2.22. The lowest BCUT2D eigenvalue weighted by molar-refractivity contribution is -0.384. The lowest BCUT2D eigenvalue weighted by Crippen LogP contribution is -2.22. The first-order valence-corrected chi connectivity index (χ1v) is 7.71. The number of nitro benzene ring substituents is 1. The van der Waals surface area contributed by atoms with Gasteiger partial charge in [0.15, 0.2) is 6.29 Å². The number of rotatable bonds is 6. The molecule has 0 amide bonds. The Labute approximate surface area is 128 Å². The van der Waals surface area contributed by atoms with Gasteiger partial charge in [-0.05, 0) is 44.2 Å². The van der Waals surface area contributed by atoms with Crippen molar-refractivity contribution in [3.63, 3.8) is 0 Å². The van der Waals surface area contributed by atoms with E-state index in [1.54, 1.807) is 12.1 Å². The number of aryl methyl sites for hydroxylation is 1. The van der Waals surface area contributed by atoms with E-state index < -0.39 is 0 Å². The van der Waals surface area contributed by atoms with E-state index in [0.29, 0.717) is 6.61 Å². The van der Waals surface area contributed by atoms with E-state index in [1.165, 1.54) is 12.5 Å². The first-order valence-electron chi connectivity index (χ1n) is 7.71. The highest BCUT2D eigenvalue weighted by molar-refractivity contribution is 5.82. The van der Waals surface area contributed by atoms with Gasteiger partial charge in [-0.1, -0.05) is 0 Å². The van der Waals surface area contributed by atoms with Gasteiger partial charge in [0.1, 0.15) is 0 Å². The summed E-state index contributed by atoms with van der Waals surface area (Å²) in [5.74, 6) is 0. The van der Waals surface area contributed by atoms with E-state index in [0.717, 1.165) is 48.9 Å². The summed E-state index contributed by atoms with van der Waals surface area (Å²) in [6.07, 6.45) is 4.99. The fourth-order valence-electron chi connectivity index (χ4n) is 2.75. The SMILES string of the molecule is O=[N+]([O-])c1ccc2[nH]c(CCCOC3CCCCO3)cc2c1. The Bertz CT molecular complexity index is 647. The number of nitrogens with one attached hydrogen (secondary N) is 1. The molecule has 1 aliphatic rings. The van der Waals surface area contributed by atoms with Gasteiger partial charge in [0.25, 0.3) is 5.69 Å². The maximum atomic E-state index is 10.8. The number of non-ortho nitro benzene ring substituents is 1. The predicted molar refractivity (Wildman–Crippen MR) is 82.8 cm³/mol. The molecule has 0 spiro atoms. The highest BCUT2D eigenvalue weighted by Crippen LogP contribution is 2.22. The van der Waals surface area contributed by atoms with Gasteiger partial charge in [-0.15, -0.1) is 0 Å². The quantitative estimate of drug-likeness (QED) is 0.503. The second-order valence-electron chi connectivity index (χ2n) is 5.59. The number of fused-ring (bicyclic) bond motifs is 1. The summed E-state index contributed by atoms with van der Waals surface area (Å²) >= 11 is 0. The fourth-order valence-corrected chi connectivity index (χ4v) is 2.75. The van der Waals surface area contributed by atoms with Crippen molar-refractivity contribution in [2.24, 2.45) is 0 Å². The number of nitrogens with zero attached hydrogens (tertiary/aromatic N) is 1. The summed E-state index contributed by atoms with van der Waals surface area (Å²) in [4.78, 5) is 13.7. The van der Waals surface area contributed by atoms with E-state index in [-0.39, 0.29) is 16.9 Å². The smallest absolute Gasteiger partial charge is 0.270 e. The Balaban J connectivity index is 1.52. The van der Waals surface area contributed by atoms with Gasteiger partial charge in [-0.3, -0.25) is 10.1 Å². The largest absolute Gasteiger partial charge is 0.358 e. The molecule has 2 aromatic rings. The number of aromatic nitrogens is 1. The number of benzene rings is 1. The maximum absolute atomic E-state index is 10.8. The van der Waals surface area contributed by atoms with Gasteiger partial charge in [-0.25, -0.2) is 0 Å². The zero-order valence-electron chi connectivity index (χ0n) is 12.4. The molecule has 0 bridgehead atoms. The second kappa shape index (κ2) is 6.89. The number of nitro groups is 1. The van der Waals surface area contributed by atoms with Crippen molar-refractivity contribution < 1.29 is 14.4 Å². The van der Waals surface area contributed by atoms with Crippen LogP contribution in [0.25, 0.3) is 10.9 Å². The first kappa shape index (κ1) is 15.0. The summed E-state index contributed by atoms with van der Waals surface area (Å²) in [7, 11) is 0. The molecule has 1 fully saturated rings. The van der Waals surface area contributed by atoms with Gasteiger partial charge >= 0.3 is 0 Å². The van der Waals surface area contributed by atoms with Crippen molar-refractivity contribution in [1.82, 2.24) is 4.98 Å². The van der Waals surface area contributed by atoms with Crippen LogP contribution in [0.2, 0.25) is 0 Å². The molecule has 118 valence electrons. The van der Waals surface area contributed by atoms with E-state index in [4.69, 9.17) is 9.47 Å². The highest BCUT2D eigenvalue weighted by Gasteiger charge is 2.13. The fraction of sp³-hybridized carbons (Fsp3) is 0.500. The van der Waals surface area contributed by atoms with Crippen LogP contribution in [0.4, 0.5) is 5.69 Å². The van der Waals surface area contributed by atoms with Crippen molar-refractivity contribution >= 4 is 16.6 Å².